The Morgan fingerprint density at radius 1 is 1.21 bits per heavy atom. The van der Waals surface area contributed by atoms with Crippen LogP contribution >= 0.6 is 27.3 Å². The molecule has 0 aliphatic carbocycles. The van der Waals surface area contributed by atoms with Gasteiger partial charge in [-0.1, -0.05) is 39.4 Å². The van der Waals surface area contributed by atoms with Crippen LogP contribution in [-0.2, 0) is 4.79 Å². The van der Waals surface area contributed by atoms with Crippen LogP contribution < -0.4 is 19.2 Å². The molecule has 0 saturated carbocycles. The van der Waals surface area contributed by atoms with Crippen LogP contribution in [0, 0.1) is 0 Å². The van der Waals surface area contributed by atoms with Crippen molar-refractivity contribution in [3.8, 4) is 17.2 Å². The van der Waals surface area contributed by atoms with Gasteiger partial charge in [-0.15, -0.1) is 0 Å². The summed E-state index contributed by atoms with van der Waals surface area (Å²) in [6.07, 6.45) is 0.763. The molecule has 9 heteroatoms. The molecule has 3 aromatic carbocycles. The van der Waals surface area contributed by atoms with Crippen LogP contribution in [0.2, 0.25) is 0 Å². The van der Waals surface area contributed by atoms with E-state index in [1.54, 1.807) is 12.3 Å². The maximum atomic E-state index is 13.6. The Bertz CT molecular complexity index is 1360. The van der Waals surface area contributed by atoms with E-state index >= 15 is 0 Å². The van der Waals surface area contributed by atoms with Crippen molar-refractivity contribution in [2.75, 3.05) is 18.2 Å². The topological polar surface area (TPSA) is 73.2 Å². The molecule has 1 aliphatic rings. The fourth-order valence-corrected chi connectivity index (χ4v) is 4.88. The molecule has 0 spiro atoms. The maximum absolute atomic E-state index is 13.6. The van der Waals surface area contributed by atoms with Gasteiger partial charge in [0, 0.05) is 4.47 Å². The number of halogens is 1. The number of amides is 1. The summed E-state index contributed by atoms with van der Waals surface area (Å²) in [4.78, 5) is 18.2. The van der Waals surface area contributed by atoms with Crippen molar-refractivity contribution in [3.05, 3.63) is 76.8 Å². The molecule has 34 heavy (non-hydrogen) atoms. The monoisotopic (exact) mass is 537 g/mol. The summed E-state index contributed by atoms with van der Waals surface area (Å²) in [5, 5.41) is 6.24. The minimum Gasteiger partial charge on any atom is -0.494 e. The molecule has 7 nitrogen and oxygen atoms in total. The van der Waals surface area contributed by atoms with Gasteiger partial charge in [0.25, 0.3) is 5.91 Å². The van der Waals surface area contributed by atoms with Crippen LogP contribution in [-0.4, -0.2) is 36.4 Å². The van der Waals surface area contributed by atoms with Crippen LogP contribution in [0.25, 0.3) is 10.2 Å². The van der Waals surface area contributed by atoms with Gasteiger partial charge in [0.05, 0.1) is 23.0 Å². The van der Waals surface area contributed by atoms with Gasteiger partial charge in [-0.25, -0.2) is 4.98 Å². The summed E-state index contributed by atoms with van der Waals surface area (Å²) in [5.74, 6) is 1.54. The minimum absolute atomic E-state index is 0.0847. The van der Waals surface area contributed by atoms with E-state index in [1.807, 2.05) is 67.6 Å². The standard InChI is InChI=1S/C25H20BrN3O4S/c1-2-31-18-10-7-16(8-11-18)14-27-29(25-28-19-12-9-17(26)13-23(19)34-25)24(30)22-15-32-20-5-3-4-6-21(20)33-22/h3-14,22H,2,15H2,1H3/b27-14+. The number of nitrogens with zero attached hydrogens (tertiary/aromatic N) is 3. The Morgan fingerprint density at radius 2 is 2.00 bits per heavy atom. The summed E-state index contributed by atoms with van der Waals surface area (Å²) in [6, 6.07) is 20.5. The number of ether oxygens (including phenoxy) is 3. The van der Waals surface area contributed by atoms with Crippen LogP contribution in [0.5, 0.6) is 17.2 Å². The molecule has 0 fully saturated rings. The molecule has 172 valence electrons. The van der Waals surface area contributed by atoms with E-state index in [9.17, 15) is 4.79 Å². The molecule has 0 bridgehead atoms. The minimum atomic E-state index is -0.855. The zero-order valence-corrected chi connectivity index (χ0v) is 20.6. The van der Waals surface area contributed by atoms with Gasteiger partial charge in [0.1, 0.15) is 12.4 Å². The summed E-state index contributed by atoms with van der Waals surface area (Å²) >= 11 is 4.86. The Morgan fingerprint density at radius 3 is 2.79 bits per heavy atom. The van der Waals surface area contributed by atoms with Crippen LogP contribution in [0.1, 0.15) is 12.5 Å². The molecule has 1 aromatic heterocycles. The van der Waals surface area contributed by atoms with E-state index in [4.69, 9.17) is 14.2 Å². The molecule has 1 atom stereocenters. The number of para-hydroxylation sites is 2. The number of aromatic nitrogens is 1. The Balaban J connectivity index is 1.46. The fourth-order valence-electron chi connectivity index (χ4n) is 3.40. The van der Waals surface area contributed by atoms with Gasteiger partial charge in [-0.3, -0.25) is 4.79 Å². The number of carbonyl (C=O) groups excluding carboxylic acids is 1. The number of thiazole rings is 1. The second kappa shape index (κ2) is 9.82. The third-order valence-corrected chi connectivity index (χ3v) is 6.51. The van der Waals surface area contributed by atoms with Crippen molar-refractivity contribution >= 4 is 54.7 Å². The molecule has 1 unspecified atom stereocenters. The van der Waals surface area contributed by atoms with Crippen molar-refractivity contribution in [3.63, 3.8) is 0 Å². The lowest BCUT2D eigenvalue weighted by molar-refractivity contribution is -0.127. The number of hydrogen-bond acceptors (Lipinski definition) is 7. The first-order valence-corrected chi connectivity index (χ1v) is 12.3. The normalized spacial score (nSPS) is 14.9. The molecule has 0 saturated heterocycles. The molecule has 5 rings (SSSR count). The van der Waals surface area contributed by atoms with E-state index in [-0.39, 0.29) is 12.5 Å². The first kappa shape index (κ1) is 22.4. The highest BCUT2D eigenvalue weighted by atomic mass is 79.9. The lowest BCUT2D eigenvalue weighted by Gasteiger charge is -2.27. The zero-order valence-electron chi connectivity index (χ0n) is 18.2. The lowest BCUT2D eigenvalue weighted by atomic mass is 10.2. The van der Waals surface area contributed by atoms with Gasteiger partial charge >= 0.3 is 0 Å². The number of hydrogen-bond donors (Lipinski definition) is 0. The van der Waals surface area contributed by atoms with Crippen molar-refractivity contribution in [2.45, 2.75) is 13.0 Å². The number of carbonyl (C=O) groups is 1. The molecular formula is C25H20BrN3O4S. The fraction of sp³-hybridized carbons (Fsp3) is 0.160. The van der Waals surface area contributed by atoms with Crippen molar-refractivity contribution in [2.24, 2.45) is 5.10 Å². The van der Waals surface area contributed by atoms with Gasteiger partial charge in [-0.2, -0.15) is 10.1 Å². The van der Waals surface area contributed by atoms with Crippen molar-refractivity contribution in [1.82, 2.24) is 4.98 Å². The number of benzene rings is 3. The molecule has 1 amide bonds. The first-order chi connectivity index (χ1) is 16.6. The SMILES string of the molecule is CCOc1ccc(/C=N/N(C(=O)C2COc3ccccc3O2)c2nc3ccc(Br)cc3s2)cc1. The predicted octanol–water partition coefficient (Wildman–Crippen LogP) is 5.66. The highest BCUT2D eigenvalue weighted by Gasteiger charge is 2.33. The number of anilines is 1. The Hall–Kier alpha value is -3.43. The van der Waals surface area contributed by atoms with Crippen molar-refractivity contribution in [1.29, 1.82) is 0 Å². The third-order valence-electron chi connectivity index (χ3n) is 5.03. The van der Waals surface area contributed by atoms with Crippen LogP contribution in [0.15, 0.2) is 76.3 Å². The lowest BCUT2D eigenvalue weighted by Crippen LogP contribution is -2.44. The molecular weight excluding hydrogens is 518 g/mol. The average Bonchev–Trinajstić information content (AvgIpc) is 3.27. The van der Waals surface area contributed by atoms with Crippen LogP contribution in [0.3, 0.4) is 0 Å². The summed E-state index contributed by atoms with van der Waals surface area (Å²) < 4.78 is 19.1. The summed E-state index contributed by atoms with van der Waals surface area (Å²) in [7, 11) is 0. The van der Waals surface area contributed by atoms with Gasteiger partial charge in [0.2, 0.25) is 11.2 Å². The molecule has 0 N–H and O–H groups in total. The van der Waals surface area contributed by atoms with Crippen LogP contribution in [0.4, 0.5) is 5.13 Å². The van der Waals surface area contributed by atoms with E-state index in [2.05, 4.69) is 26.0 Å². The van der Waals surface area contributed by atoms with Crippen molar-refractivity contribution < 1.29 is 19.0 Å². The second-order valence-electron chi connectivity index (χ2n) is 7.37. The smallest absolute Gasteiger partial charge is 0.294 e. The summed E-state index contributed by atoms with van der Waals surface area (Å²) in [5.41, 5.74) is 1.60. The first-order valence-electron chi connectivity index (χ1n) is 10.7. The predicted molar refractivity (Wildman–Crippen MR) is 136 cm³/mol. The maximum Gasteiger partial charge on any atom is 0.294 e. The molecule has 4 aromatic rings. The molecule has 2 heterocycles. The Kier molecular flexibility index (Phi) is 6.46. The zero-order chi connectivity index (χ0) is 23.5. The van der Waals surface area contributed by atoms with E-state index < -0.39 is 6.10 Å². The van der Waals surface area contributed by atoms with Gasteiger partial charge < -0.3 is 14.2 Å². The van der Waals surface area contributed by atoms with E-state index in [0.717, 1.165) is 26.0 Å². The number of rotatable bonds is 6. The quantitative estimate of drug-likeness (QED) is 0.234. The third kappa shape index (κ3) is 4.76. The van der Waals surface area contributed by atoms with E-state index in [1.165, 1.54) is 16.3 Å². The van der Waals surface area contributed by atoms with E-state index in [0.29, 0.717) is 23.2 Å². The average molecular weight is 538 g/mol. The Labute approximate surface area is 208 Å². The summed E-state index contributed by atoms with van der Waals surface area (Å²) in [6.45, 7) is 2.61. The van der Waals surface area contributed by atoms with Gasteiger partial charge in [0.15, 0.2) is 11.5 Å². The highest BCUT2D eigenvalue weighted by Crippen LogP contribution is 2.34. The highest BCUT2D eigenvalue weighted by molar-refractivity contribution is 9.10. The number of fused-ring (bicyclic) bond motifs is 2. The number of hydrazone groups is 1. The molecule has 1 aliphatic heterocycles. The second-order valence-corrected chi connectivity index (χ2v) is 9.29. The largest absolute Gasteiger partial charge is 0.494 e. The van der Waals surface area contributed by atoms with Gasteiger partial charge in [-0.05, 0) is 67.1 Å². The molecule has 0 radical (unpaired) electrons.